The minimum Gasteiger partial charge on any atom is -0.480 e. The highest BCUT2D eigenvalue weighted by Crippen LogP contribution is 2.03. The first-order chi connectivity index (χ1) is 9.24. The number of carbonyl (C=O) groups excluding carboxylic acids is 2. The number of amides is 3. The monoisotopic (exact) mass is 287 g/mol. The normalized spacial score (nSPS) is 11.9. The second kappa shape index (κ2) is 8.39. The van der Waals surface area contributed by atoms with Gasteiger partial charge in [-0.3, -0.25) is 4.79 Å². The van der Waals surface area contributed by atoms with Crippen molar-refractivity contribution in [3.8, 4) is 0 Å². The van der Waals surface area contributed by atoms with E-state index in [-0.39, 0.29) is 18.4 Å². The van der Waals surface area contributed by atoms with Gasteiger partial charge in [0.05, 0.1) is 0 Å². The van der Waals surface area contributed by atoms with Crippen LogP contribution in [0.5, 0.6) is 0 Å². The summed E-state index contributed by atoms with van der Waals surface area (Å²) in [6.07, 6.45) is 0. The van der Waals surface area contributed by atoms with Crippen molar-refractivity contribution in [1.82, 2.24) is 15.1 Å². The highest BCUT2D eigenvalue weighted by Gasteiger charge is 2.25. The van der Waals surface area contributed by atoms with Crippen LogP contribution in [0.25, 0.3) is 0 Å². The second-order valence-corrected chi connectivity index (χ2v) is 4.93. The molecule has 0 bridgehead atoms. The van der Waals surface area contributed by atoms with Crippen molar-refractivity contribution >= 4 is 17.9 Å². The first-order valence-corrected chi connectivity index (χ1v) is 6.76. The predicted molar refractivity (Wildman–Crippen MR) is 75.4 cm³/mol. The minimum atomic E-state index is -1.09. The first kappa shape index (κ1) is 18.2. The van der Waals surface area contributed by atoms with Gasteiger partial charge in [0.2, 0.25) is 5.91 Å². The molecule has 2 N–H and O–H groups in total. The van der Waals surface area contributed by atoms with E-state index in [0.717, 1.165) is 0 Å². The van der Waals surface area contributed by atoms with Crippen LogP contribution in [0.1, 0.15) is 27.7 Å². The van der Waals surface area contributed by atoms with Gasteiger partial charge >= 0.3 is 12.0 Å². The molecule has 0 radical (unpaired) electrons. The molecule has 0 aromatic heterocycles. The Balaban J connectivity index is 4.55. The summed E-state index contributed by atoms with van der Waals surface area (Å²) >= 11 is 0. The molecule has 0 aliphatic heterocycles. The standard InChI is InChI=1S/C13H25N3O4/c1-6-16(7-2)10(17)8-15(5)13(20)14-11(9(3)4)12(18)19/h9,11H,6-8H2,1-5H3,(H,14,20)(H,18,19). The number of hydrogen-bond acceptors (Lipinski definition) is 3. The summed E-state index contributed by atoms with van der Waals surface area (Å²) in [5.74, 6) is -1.48. The molecular weight excluding hydrogens is 262 g/mol. The summed E-state index contributed by atoms with van der Waals surface area (Å²) in [7, 11) is 1.47. The fourth-order valence-corrected chi connectivity index (χ4v) is 1.71. The Morgan fingerprint density at radius 2 is 1.65 bits per heavy atom. The van der Waals surface area contributed by atoms with Gasteiger partial charge in [-0.1, -0.05) is 13.8 Å². The van der Waals surface area contributed by atoms with Gasteiger partial charge in [-0.25, -0.2) is 9.59 Å². The van der Waals surface area contributed by atoms with Crippen LogP contribution in [-0.4, -0.2) is 65.5 Å². The van der Waals surface area contributed by atoms with Crippen LogP contribution in [0.2, 0.25) is 0 Å². The van der Waals surface area contributed by atoms with E-state index < -0.39 is 18.0 Å². The summed E-state index contributed by atoms with van der Waals surface area (Å²) in [6, 6.07) is -1.53. The van der Waals surface area contributed by atoms with Crippen LogP contribution in [0.4, 0.5) is 4.79 Å². The van der Waals surface area contributed by atoms with E-state index >= 15 is 0 Å². The maximum absolute atomic E-state index is 11.9. The summed E-state index contributed by atoms with van der Waals surface area (Å²) in [6.45, 7) is 8.22. The predicted octanol–water partition coefficient (Wildman–Crippen LogP) is 0.605. The van der Waals surface area contributed by atoms with Gasteiger partial charge in [0.15, 0.2) is 0 Å². The van der Waals surface area contributed by atoms with E-state index in [0.29, 0.717) is 13.1 Å². The van der Waals surface area contributed by atoms with E-state index in [1.807, 2.05) is 13.8 Å². The van der Waals surface area contributed by atoms with Crippen LogP contribution in [0.3, 0.4) is 0 Å². The maximum Gasteiger partial charge on any atom is 0.326 e. The molecule has 0 aliphatic carbocycles. The third-order valence-electron chi connectivity index (χ3n) is 3.05. The summed E-state index contributed by atoms with van der Waals surface area (Å²) in [5, 5.41) is 11.4. The van der Waals surface area contributed by atoms with Gasteiger partial charge < -0.3 is 20.2 Å². The Labute approximate surface area is 119 Å². The Morgan fingerprint density at radius 3 is 2.00 bits per heavy atom. The summed E-state index contributed by atoms with van der Waals surface area (Å²) < 4.78 is 0. The molecule has 7 nitrogen and oxygen atoms in total. The van der Waals surface area contributed by atoms with Crippen molar-refractivity contribution in [1.29, 1.82) is 0 Å². The molecule has 0 saturated carbocycles. The molecule has 1 atom stereocenters. The topological polar surface area (TPSA) is 90.0 Å². The van der Waals surface area contributed by atoms with Crippen LogP contribution in [0, 0.1) is 5.92 Å². The molecule has 1 unspecified atom stereocenters. The fraction of sp³-hybridized carbons (Fsp3) is 0.769. The molecule has 0 fully saturated rings. The van der Waals surface area contributed by atoms with E-state index in [1.54, 1.807) is 18.7 Å². The van der Waals surface area contributed by atoms with Crippen LogP contribution in [-0.2, 0) is 9.59 Å². The van der Waals surface area contributed by atoms with Crippen LogP contribution >= 0.6 is 0 Å². The van der Waals surface area contributed by atoms with Gasteiger partial charge in [0.1, 0.15) is 12.6 Å². The lowest BCUT2D eigenvalue weighted by Gasteiger charge is -2.25. The molecule has 0 aromatic rings. The number of carboxylic acid groups (broad SMARTS) is 1. The number of carbonyl (C=O) groups is 3. The molecule has 0 saturated heterocycles. The van der Waals surface area contributed by atoms with Crippen molar-refractivity contribution in [3.63, 3.8) is 0 Å². The van der Waals surface area contributed by atoms with Crippen LogP contribution in [0.15, 0.2) is 0 Å². The minimum absolute atomic E-state index is 0.0715. The molecule has 20 heavy (non-hydrogen) atoms. The van der Waals surface area contributed by atoms with Gasteiger partial charge in [0.25, 0.3) is 0 Å². The van der Waals surface area contributed by atoms with E-state index in [9.17, 15) is 14.4 Å². The average molecular weight is 287 g/mol. The highest BCUT2D eigenvalue weighted by molar-refractivity contribution is 5.86. The largest absolute Gasteiger partial charge is 0.480 e. The maximum atomic E-state index is 11.9. The smallest absolute Gasteiger partial charge is 0.326 e. The second-order valence-electron chi connectivity index (χ2n) is 4.93. The van der Waals surface area contributed by atoms with Crippen molar-refractivity contribution in [3.05, 3.63) is 0 Å². The zero-order valence-electron chi connectivity index (χ0n) is 12.8. The van der Waals surface area contributed by atoms with Gasteiger partial charge in [-0.2, -0.15) is 0 Å². The Morgan fingerprint density at radius 1 is 1.15 bits per heavy atom. The molecule has 0 spiro atoms. The lowest BCUT2D eigenvalue weighted by atomic mass is 10.1. The highest BCUT2D eigenvalue weighted by atomic mass is 16.4. The third kappa shape index (κ3) is 5.46. The van der Waals surface area contributed by atoms with E-state index in [2.05, 4.69) is 5.32 Å². The quantitative estimate of drug-likeness (QED) is 0.717. The van der Waals surface area contributed by atoms with Gasteiger partial charge in [-0.15, -0.1) is 0 Å². The lowest BCUT2D eigenvalue weighted by Crippen LogP contribution is -2.51. The number of nitrogens with zero attached hydrogens (tertiary/aromatic N) is 2. The Hall–Kier alpha value is -1.79. The molecule has 7 heteroatoms. The van der Waals surface area contributed by atoms with Crippen LogP contribution < -0.4 is 5.32 Å². The average Bonchev–Trinajstić information content (AvgIpc) is 2.35. The fourth-order valence-electron chi connectivity index (χ4n) is 1.71. The molecule has 116 valence electrons. The van der Waals surface area contributed by atoms with Crippen molar-refractivity contribution < 1.29 is 19.5 Å². The number of hydrogen-bond donors (Lipinski definition) is 2. The van der Waals surface area contributed by atoms with Crippen molar-refractivity contribution in [2.24, 2.45) is 5.92 Å². The first-order valence-electron chi connectivity index (χ1n) is 6.76. The molecule has 0 heterocycles. The number of rotatable bonds is 7. The lowest BCUT2D eigenvalue weighted by molar-refractivity contribution is -0.140. The van der Waals surface area contributed by atoms with Gasteiger partial charge in [-0.05, 0) is 19.8 Å². The number of aliphatic carboxylic acids is 1. The molecule has 3 amide bonds. The van der Waals surface area contributed by atoms with Crippen molar-refractivity contribution in [2.45, 2.75) is 33.7 Å². The number of urea groups is 1. The summed E-state index contributed by atoms with van der Waals surface area (Å²) in [5.41, 5.74) is 0. The SMILES string of the molecule is CCN(CC)C(=O)CN(C)C(=O)NC(C(=O)O)C(C)C. The van der Waals surface area contributed by atoms with Gasteiger partial charge in [0, 0.05) is 20.1 Å². The molecule has 0 rings (SSSR count). The number of likely N-dealkylation sites (N-methyl/N-ethyl adjacent to an activating group) is 2. The number of carboxylic acids is 1. The third-order valence-corrected chi connectivity index (χ3v) is 3.05. The van der Waals surface area contributed by atoms with E-state index in [1.165, 1.54) is 11.9 Å². The van der Waals surface area contributed by atoms with Crippen molar-refractivity contribution in [2.75, 3.05) is 26.7 Å². The molecular formula is C13H25N3O4. The summed E-state index contributed by atoms with van der Waals surface area (Å²) in [4.78, 5) is 37.6. The Bertz CT molecular complexity index is 354. The molecule has 0 aliphatic rings. The van der Waals surface area contributed by atoms with E-state index in [4.69, 9.17) is 5.11 Å². The number of nitrogens with one attached hydrogen (secondary N) is 1. The zero-order chi connectivity index (χ0) is 15.9. The zero-order valence-corrected chi connectivity index (χ0v) is 12.8. The molecule has 0 aromatic carbocycles. The Kier molecular flexibility index (Phi) is 7.64.